The lowest BCUT2D eigenvalue weighted by atomic mass is 9.97. The summed E-state index contributed by atoms with van der Waals surface area (Å²) in [4.78, 5) is 17.6. The minimum atomic E-state index is -0.459. The van der Waals surface area contributed by atoms with Crippen molar-refractivity contribution < 1.29 is 9.18 Å². The predicted molar refractivity (Wildman–Crippen MR) is 109 cm³/mol. The average molecular weight is 371 g/mol. The molecule has 0 aliphatic carbocycles. The number of para-hydroxylation sites is 2. The molecule has 28 heavy (non-hydrogen) atoms. The van der Waals surface area contributed by atoms with Gasteiger partial charge in [0.15, 0.2) is 0 Å². The molecule has 0 spiro atoms. The van der Waals surface area contributed by atoms with Gasteiger partial charge in [-0.2, -0.15) is 0 Å². The van der Waals surface area contributed by atoms with Gasteiger partial charge in [0, 0.05) is 10.9 Å². The van der Waals surface area contributed by atoms with E-state index in [0.717, 1.165) is 11.3 Å². The van der Waals surface area contributed by atoms with Crippen LogP contribution in [0.25, 0.3) is 22.2 Å². The number of nitrogens with zero attached hydrogens (tertiary/aromatic N) is 1. The summed E-state index contributed by atoms with van der Waals surface area (Å²) >= 11 is 0. The van der Waals surface area contributed by atoms with Crippen molar-refractivity contribution in [1.82, 2.24) is 10.4 Å². The molecule has 1 amide bonds. The molecule has 4 rings (SSSR count). The number of hydrazine groups is 1. The number of nitrogens with one attached hydrogen (secondary N) is 2. The summed E-state index contributed by atoms with van der Waals surface area (Å²) in [7, 11) is 0. The Morgan fingerprint density at radius 3 is 2.29 bits per heavy atom. The van der Waals surface area contributed by atoms with Gasteiger partial charge in [0.05, 0.1) is 16.9 Å². The summed E-state index contributed by atoms with van der Waals surface area (Å²) in [5, 5.41) is 0.476. The maximum absolute atomic E-state index is 14.5. The molecule has 0 aliphatic heterocycles. The van der Waals surface area contributed by atoms with Crippen molar-refractivity contribution in [3.8, 4) is 11.3 Å². The van der Waals surface area contributed by atoms with Crippen LogP contribution in [0, 0.1) is 12.7 Å². The summed E-state index contributed by atoms with van der Waals surface area (Å²) in [6, 6.07) is 23.4. The summed E-state index contributed by atoms with van der Waals surface area (Å²) in [6.07, 6.45) is 0. The smallest absolute Gasteiger partial charge is 0.270 e. The van der Waals surface area contributed by atoms with Gasteiger partial charge in [-0.1, -0.05) is 60.7 Å². The fourth-order valence-electron chi connectivity index (χ4n) is 3.23. The van der Waals surface area contributed by atoms with Crippen LogP contribution in [0.5, 0.6) is 0 Å². The molecule has 0 radical (unpaired) electrons. The number of halogens is 1. The van der Waals surface area contributed by atoms with Crippen molar-refractivity contribution in [2.75, 3.05) is 5.43 Å². The Morgan fingerprint density at radius 1 is 0.893 bits per heavy atom. The molecule has 4 aromatic rings. The van der Waals surface area contributed by atoms with E-state index in [-0.39, 0.29) is 11.4 Å². The zero-order chi connectivity index (χ0) is 19.5. The molecule has 5 heteroatoms. The molecule has 2 N–H and O–H groups in total. The van der Waals surface area contributed by atoms with Crippen LogP contribution in [0.15, 0.2) is 78.9 Å². The molecule has 0 saturated carbocycles. The Balaban J connectivity index is 1.83. The van der Waals surface area contributed by atoms with E-state index >= 15 is 0 Å². The number of benzene rings is 3. The minimum absolute atomic E-state index is 0.178. The standard InChI is InChI=1S/C23H18FN3O/c1-15-20(23(28)27-26-17-11-6-3-7-12-17)18-13-8-14-19(24)22(18)25-21(15)16-9-4-2-5-10-16/h2-14,26H,1H3,(H,27,28). The van der Waals surface area contributed by atoms with Crippen LogP contribution in [0.3, 0.4) is 0 Å². The summed E-state index contributed by atoms with van der Waals surface area (Å²) in [5.74, 6) is -0.809. The Hall–Kier alpha value is -3.73. The van der Waals surface area contributed by atoms with Gasteiger partial charge in [0.25, 0.3) is 5.91 Å². The molecule has 0 bridgehead atoms. The quantitative estimate of drug-likeness (QED) is 0.490. The third kappa shape index (κ3) is 3.30. The first-order valence-electron chi connectivity index (χ1n) is 8.91. The molecule has 4 nitrogen and oxygen atoms in total. The fraction of sp³-hybridized carbons (Fsp3) is 0.0435. The van der Waals surface area contributed by atoms with Gasteiger partial charge in [0.2, 0.25) is 0 Å². The lowest BCUT2D eigenvalue weighted by Gasteiger charge is -2.16. The molecule has 138 valence electrons. The summed E-state index contributed by atoms with van der Waals surface area (Å²) in [5.41, 5.74) is 9.03. The number of amides is 1. The van der Waals surface area contributed by atoms with Crippen LogP contribution in [0.1, 0.15) is 15.9 Å². The molecule has 1 heterocycles. The first-order valence-corrected chi connectivity index (χ1v) is 8.91. The summed E-state index contributed by atoms with van der Waals surface area (Å²) < 4.78 is 14.5. The van der Waals surface area contributed by atoms with Gasteiger partial charge in [-0.3, -0.25) is 15.6 Å². The number of hydrogen-bond donors (Lipinski definition) is 2. The Bertz CT molecular complexity index is 1140. The summed E-state index contributed by atoms with van der Waals surface area (Å²) in [6.45, 7) is 1.83. The highest BCUT2D eigenvalue weighted by Crippen LogP contribution is 2.30. The van der Waals surface area contributed by atoms with Gasteiger partial charge in [0.1, 0.15) is 11.3 Å². The highest BCUT2D eigenvalue weighted by atomic mass is 19.1. The zero-order valence-electron chi connectivity index (χ0n) is 15.2. The third-order valence-corrected chi connectivity index (χ3v) is 4.58. The average Bonchev–Trinajstić information content (AvgIpc) is 2.73. The molecule has 1 aromatic heterocycles. The van der Waals surface area contributed by atoms with Crippen LogP contribution in [-0.2, 0) is 0 Å². The molecule has 0 atom stereocenters. The second-order valence-electron chi connectivity index (χ2n) is 6.41. The second-order valence-corrected chi connectivity index (χ2v) is 6.41. The lowest BCUT2D eigenvalue weighted by molar-refractivity contribution is 0.0963. The highest BCUT2D eigenvalue weighted by Gasteiger charge is 2.20. The van der Waals surface area contributed by atoms with Gasteiger partial charge in [-0.15, -0.1) is 0 Å². The van der Waals surface area contributed by atoms with Crippen LogP contribution in [0.2, 0.25) is 0 Å². The van der Waals surface area contributed by atoms with Crippen LogP contribution in [0.4, 0.5) is 10.1 Å². The van der Waals surface area contributed by atoms with Crippen molar-refractivity contribution in [1.29, 1.82) is 0 Å². The van der Waals surface area contributed by atoms with E-state index in [1.165, 1.54) is 6.07 Å². The van der Waals surface area contributed by atoms with Gasteiger partial charge >= 0.3 is 0 Å². The second kappa shape index (κ2) is 7.48. The molecular formula is C23H18FN3O. The zero-order valence-corrected chi connectivity index (χ0v) is 15.2. The highest BCUT2D eigenvalue weighted by molar-refractivity contribution is 6.09. The van der Waals surface area contributed by atoms with E-state index in [4.69, 9.17) is 0 Å². The number of carbonyl (C=O) groups excluding carboxylic acids is 1. The Labute approximate surface area is 162 Å². The topological polar surface area (TPSA) is 54.0 Å². The molecule has 0 fully saturated rings. The van der Waals surface area contributed by atoms with Crippen molar-refractivity contribution >= 4 is 22.5 Å². The Kier molecular flexibility index (Phi) is 4.72. The molecule has 0 saturated heterocycles. The van der Waals surface area contributed by atoms with Gasteiger partial charge in [-0.05, 0) is 30.7 Å². The van der Waals surface area contributed by atoms with Crippen molar-refractivity contribution in [2.45, 2.75) is 6.92 Å². The molecular weight excluding hydrogens is 353 g/mol. The van der Waals surface area contributed by atoms with Crippen LogP contribution in [-0.4, -0.2) is 10.9 Å². The van der Waals surface area contributed by atoms with E-state index in [1.54, 1.807) is 12.1 Å². The third-order valence-electron chi connectivity index (χ3n) is 4.58. The maximum atomic E-state index is 14.5. The first-order chi connectivity index (χ1) is 13.6. The van der Waals surface area contributed by atoms with Crippen LogP contribution < -0.4 is 10.9 Å². The number of aromatic nitrogens is 1. The molecule has 0 aliphatic rings. The van der Waals surface area contributed by atoms with Crippen LogP contribution >= 0.6 is 0 Å². The fourth-order valence-corrected chi connectivity index (χ4v) is 3.23. The lowest BCUT2D eigenvalue weighted by Crippen LogP contribution is -2.30. The van der Waals surface area contributed by atoms with E-state index in [0.29, 0.717) is 22.2 Å². The predicted octanol–water partition coefficient (Wildman–Crippen LogP) is 5.11. The Morgan fingerprint density at radius 2 is 1.57 bits per heavy atom. The van der Waals surface area contributed by atoms with Crippen molar-refractivity contribution in [3.05, 3.63) is 95.8 Å². The van der Waals surface area contributed by atoms with Gasteiger partial charge < -0.3 is 0 Å². The number of carbonyl (C=O) groups is 1. The molecule has 0 unspecified atom stereocenters. The first kappa shape index (κ1) is 17.7. The number of anilines is 1. The van der Waals surface area contributed by atoms with E-state index < -0.39 is 5.82 Å². The number of fused-ring (bicyclic) bond motifs is 1. The number of rotatable bonds is 4. The SMILES string of the molecule is Cc1c(-c2ccccc2)nc2c(F)cccc2c1C(=O)NNc1ccccc1. The minimum Gasteiger partial charge on any atom is -0.298 e. The normalized spacial score (nSPS) is 10.6. The van der Waals surface area contributed by atoms with Crippen molar-refractivity contribution in [3.63, 3.8) is 0 Å². The maximum Gasteiger partial charge on any atom is 0.270 e. The van der Waals surface area contributed by atoms with E-state index in [1.807, 2.05) is 67.6 Å². The van der Waals surface area contributed by atoms with E-state index in [9.17, 15) is 9.18 Å². The van der Waals surface area contributed by atoms with Gasteiger partial charge in [-0.25, -0.2) is 9.37 Å². The largest absolute Gasteiger partial charge is 0.298 e. The number of hydrogen-bond acceptors (Lipinski definition) is 3. The number of pyridine rings is 1. The monoisotopic (exact) mass is 371 g/mol. The molecule has 3 aromatic carbocycles. The van der Waals surface area contributed by atoms with Crippen molar-refractivity contribution in [2.24, 2.45) is 0 Å². The van der Waals surface area contributed by atoms with E-state index in [2.05, 4.69) is 15.8 Å².